The Morgan fingerprint density at radius 1 is 0.692 bits per heavy atom. The fraction of sp³-hybridized carbons (Fsp3) is 0.250. The fourth-order valence-electron chi connectivity index (χ4n) is 2.58. The Kier molecular flexibility index (Phi) is 9.81. The molecule has 0 saturated carbocycles. The minimum Gasteiger partial charge on any atom is -0.489 e. The van der Waals surface area contributed by atoms with Crippen LogP contribution in [0.5, 0.6) is 5.75 Å². The van der Waals surface area contributed by atoms with Gasteiger partial charge in [0.05, 0.1) is 6.61 Å². The largest absolute Gasteiger partial charge is 0.489 e. The average molecular weight is 351 g/mol. The van der Waals surface area contributed by atoms with E-state index in [-0.39, 0.29) is 14.0 Å². The van der Waals surface area contributed by atoms with Gasteiger partial charge in [0.15, 0.2) is 0 Å². The van der Waals surface area contributed by atoms with Crippen molar-refractivity contribution in [3.8, 4) is 5.75 Å². The number of aliphatic hydroxyl groups is 1. The Labute approximate surface area is 158 Å². The molecule has 0 fully saturated rings. The van der Waals surface area contributed by atoms with Crippen LogP contribution in [-0.2, 0) is 19.6 Å². The summed E-state index contributed by atoms with van der Waals surface area (Å²) in [5.74, 6) is 0.798. The van der Waals surface area contributed by atoms with Crippen molar-refractivity contribution in [2.75, 3.05) is 0 Å². The molecule has 0 heterocycles. The van der Waals surface area contributed by atoms with Gasteiger partial charge in [-0.3, -0.25) is 0 Å². The Bertz CT molecular complexity index is 737. The van der Waals surface area contributed by atoms with Crippen molar-refractivity contribution in [2.24, 2.45) is 0 Å². The lowest BCUT2D eigenvalue weighted by molar-refractivity contribution is 0.277. The van der Waals surface area contributed by atoms with Gasteiger partial charge >= 0.3 is 0 Å². The molecule has 0 aliphatic carbocycles. The van der Waals surface area contributed by atoms with Gasteiger partial charge in [-0.25, -0.2) is 0 Å². The molecule has 0 bridgehead atoms. The third-order valence-electron chi connectivity index (χ3n) is 3.71. The topological polar surface area (TPSA) is 29.5 Å². The SMILES string of the molecule is C.CC.OCc1cc(Cc2ccccc2)cc(OCc2ccccc2)c1. The van der Waals surface area contributed by atoms with Crippen LogP contribution in [0, 0.1) is 0 Å². The molecular weight excluding hydrogens is 320 g/mol. The molecule has 0 amide bonds. The molecule has 2 heteroatoms. The molecule has 3 rings (SSSR count). The van der Waals surface area contributed by atoms with E-state index in [0.717, 1.165) is 28.9 Å². The first-order chi connectivity index (χ1) is 12.3. The maximum Gasteiger partial charge on any atom is 0.120 e. The van der Waals surface area contributed by atoms with Crippen LogP contribution in [0.1, 0.15) is 43.5 Å². The maximum atomic E-state index is 9.48. The van der Waals surface area contributed by atoms with E-state index in [0.29, 0.717) is 6.61 Å². The van der Waals surface area contributed by atoms with Crippen molar-refractivity contribution in [3.63, 3.8) is 0 Å². The summed E-state index contributed by atoms with van der Waals surface area (Å²) in [6.07, 6.45) is 0.830. The number of aliphatic hydroxyl groups excluding tert-OH is 1. The molecule has 3 aromatic rings. The van der Waals surface area contributed by atoms with Crippen LogP contribution in [0.2, 0.25) is 0 Å². The second-order valence-corrected chi connectivity index (χ2v) is 5.58. The quantitative estimate of drug-likeness (QED) is 0.590. The average Bonchev–Trinajstić information content (AvgIpc) is 2.69. The second-order valence-electron chi connectivity index (χ2n) is 5.58. The molecule has 0 atom stereocenters. The summed E-state index contributed by atoms with van der Waals surface area (Å²) < 4.78 is 5.90. The molecule has 0 saturated heterocycles. The molecule has 0 spiro atoms. The minimum atomic E-state index is 0. The van der Waals surface area contributed by atoms with E-state index in [1.165, 1.54) is 5.56 Å². The van der Waals surface area contributed by atoms with Gasteiger partial charge in [0.1, 0.15) is 12.4 Å². The summed E-state index contributed by atoms with van der Waals surface area (Å²) in [5.41, 5.74) is 4.40. The van der Waals surface area contributed by atoms with E-state index in [1.807, 2.05) is 74.5 Å². The van der Waals surface area contributed by atoms with Crippen LogP contribution in [0.4, 0.5) is 0 Å². The lowest BCUT2D eigenvalue weighted by atomic mass is 10.0. The van der Waals surface area contributed by atoms with E-state index in [4.69, 9.17) is 4.74 Å². The fourth-order valence-corrected chi connectivity index (χ4v) is 2.58. The predicted octanol–water partition coefficient (Wildman–Crippen LogP) is 6.01. The van der Waals surface area contributed by atoms with Gasteiger partial charge in [0, 0.05) is 0 Å². The van der Waals surface area contributed by atoms with Gasteiger partial charge < -0.3 is 9.84 Å². The molecular formula is C24H30O2. The third kappa shape index (κ3) is 6.73. The monoisotopic (exact) mass is 350 g/mol. The van der Waals surface area contributed by atoms with Crippen molar-refractivity contribution in [2.45, 2.75) is 40.9 Å². The third-order valence-corrected chi connectivity index (χ3v) is 3.71. The van der Waals surface area contributed by atoms with Crippen LogP contribution in [-0.4, -0.2) is 5.11 Å². The zero-order valence-corrected chi connectivity index (χ0v) is 15.0. The number of hydrogen-bond acceptors (Lipinski definition) is 2. The van der Waals surface area contributed by atoms with E-state index < -0.39 is 0 Å². The number of hydrogen-bond donors (Lipinski definition) is 1. The molecule has 1 N–H and O–H groups in total. The van der Waals surface area contributed by atoms with E-state index in [9.17, 15) is 5.11 Å². The highest BCUT2D eigenvalue weighted by molar-refractivity contribution is 5.37. The van der Waals surface area contributed by atoms with Gasteiger partial charge in [0.25, 0.3) is 0 Å². The summed E-state index contributed by atoms with van der Waals surface area (Å²) in [4.78, 5) is 0. The summed E-state index contributed by atoms with van der Waals surface area (Å²) in [7, 11) is 0. The minimum absolute atomic E-state index is 0. The summed E-state index contributed by atoms with van der Waals surface area (Å²) in [5, 5.41) is 9.48. The van der Waals surface area contributed by atoms with Crippen LogP contribution in [0.15, 0.2) is 78.9 Å². The highest BCUT2D eigenvalue weighted by Crippen LogP contribution is 2.21. The van der Waals surface area contributed by atoms with Crippen molar-refractivity contribution in [1.82, 2.24) is 0 Å². The number of rotatable bonds is 6. The summed E-state index contributed by atoms with van der Waals surface area (Å²) in [6.45, 7) is 4.55. The molecule has 0 unspecified atom stereocenters. The van der Waals surface area contributed by atoms with Gasteiger partial charge in [-0.2, -0.15) is 0 Å². The zero-order valence-electron chi connectivity index (χ0n) is 15.0. The second kappa shape index (κ2) is 11.9. The van der Waals surface area contributed by atoms with Gasteiger partial charge in [-0.1, -0.05) is 88.0 Å². The first-order valence-corrected chi connectivity index (χ1v) is 8.78. The Morgan fingerprint density at radius 2 is 1.23 bits per heavy atom. The lowest BCUT2D eigenvalue weighted by Gasteiger charge is -2.11. The van der Waals surface area contributed by atoms with Gasteiger partial charge in [0.2, 0.25) is 0 Å². The van der Waals surface area contributed by atoms with Crippen LogP contribution in [0.3, 0.4) is 0 Å². The van der Waals surface area contributed by atoms with E-state index >= 15 is 0 Å². The lowest BCUT2D eigenvalue weighted by Crippen LogP contribution is -1.98. The van der Waals surface area contributed by atoms with Crippen LogP contribution >= 0.6 is 0 Å². The number of benzene rings is 3. The highest BCUT2D eigenvalue weighted by Gasteiger charge is 2.04. The Hall–Kier alpha value is -2.58. The molecule has 0 aliphatic rings. The molecule has 2 nitrogen and oxygen atoms in total. The summed E-state index contributed by atoms with van der Waals surface area (Å²) >= 11 is 0. The first kappa shape index (κ1) is 21.5. The summed E-state index contributed by atoms with van der Waals surface area (Å²) in [6, 6.07) is 26.4. The van der Waals surface area contributed by atoms with E-state index in [1.54, 1.807) is 0 Å². The van der Waals surface area contributed by atoms with Crippen molar-refractivity contribution in [1.29, 1.82) is 0 Å². The van der Waals surface area contributed by atoms with Gasteiger partial charge in [-0.05, 0) is 40.8 Å². The van der Waals surface area contributed by atoms with Crippen LogP contribution in [0.25, 0.3) is 0 Å². The molecule has 0 aliphatic heterocycles. The van der Waals surface area contributed by atoms with Crippen molar-refractivity contribution in [3.05, 3.63) is 101 Å². The highest BCUT2D eigenvalue weighted by atomic mass is 16.5. The molecule has 26 heavy (non-hydrogen) atoms. The number of ether oxygens (including phenoxy) is 1. The molecule has 0 radical (unpaired) electrons. The van der Waals surface area contributed by atoms with E-state index in [2.05, 4.69) is 18.2 Å². The maximum absolute atomic E-state index is 9.48. The smallest absolute Gasteiger partial charge is 0.120 e. The molecule has 138 valence electrons. The molecule has 0 aromatic heterocycles. The van der Waals surface area contributed by atoms with Crippen molar-refractivity contribution >= 4 is 0 Å². The Morgan fingerprint density at radius 3 is 1.81 bits per heavy atom. The Balaban J connectivity index is 0.00000109. The van der Waals surface area contributed by atoms with Crippen molar-refractivity contribution < 1.29 is 9.84 Å². The van der Waals surface area contributed by atoms with Gasteiger partial charge in [-0.15, -0.1) is 0 Å². The zero-order chi connectivity index (χ0) is 17.9. The predicted molar refractivity (Wildman–Crippen MR) is 110 cm³/mol. The standard InChI is InChI=1S/C21H20O2.C2H6.CH4/c22-15-20-12-19(11-17-7-3-1-4-8-17)13-21(14-20)23-16-18-9-5-2-6-10-18;1-2;/h1-10,12-14,22H,11,15-16H2;1-2H3;1H4. The molecule has 3 aromatic carbocycles. The normalized spacial score (nSPS) is 9.50. The first-order valence-electron chi connectivity index (χ1n) is 8.78. The van der Waals surface area contributed by atoms with Crippen LogP contribution < -0.4 is 4.74 Å².